The van der Waals surface area contributed by atoms with E-state index in [1.807, 2.05) is 13.8 Å². The summed E-state index contributed by atoms with van der Waals surface area (Å²) in [5, 5.41) is 7.12. The van der Waals surface area contributed by atoms with Crippen molar-refractivity contribution in [3.8, 4) is 5.69 Å². The number of para-hydroxylation sites is 1. The molecule has 2 amide bonds. The molecule has 2 atom stereocenters. The van der Waals surface area contributed by atoms with Gasteiger partial charge in [0.2, 0.25) is 11.8 Å². The van der Waals surface area contributed by atoms with E-state index in [0.29, 0.717) is 31.9 Å². The maximum atomic E-state index is 13.9. The van der Waals surface area contributed by atoms with Crippen molar-refractivity contribution in [3.63, 3.8) is 0 Å². The fourth-order valence-electron chi connectivity index (χ4n) is 3.88. The molecule has 2 aliphatic rings. The Balaban J connectivity index is 1.44. The summed E-state index contributed by atoms with van der Waals surface area (Å²) < 4.78 is 15.5. The summed E-state index contributed by atoms with van der Waals surface area (Å²) in [4.78, 5) is 29.0. The van der Waals surface area contributed by atoms with Crippen LogP contribution < -0.4 is 5.32 Å². The number of rotatable bonds is 4. The lowest BCUT2D eigenvalue weighted by Crippen LogP contribution is -2.70. The number of aromatic nitrogens is 2. The average Bonchev–Trinajstić information content (AvgIpc) is 3.13. The van der Waals surface area contributed by atoms with Crippen LogP contribution >= 0.6 is 0 Å². The first kappa shape index (κ1) is 18.6. The number of nitrogens with zero attached hydrogens (tertiary/aromatic N) is 4. The molecule has 0 saturated carbocycles. The molecular formula is C20H24FN5O2. The Bertz CT molecular complexity index is 896. The molecule has 7 nitrogen and oxygen atoms in total. The number of halogens is 1. The fraction of sp³-hybridized carbons (Fsp3) is 0.450. The zero-order valence-electron chi connectivity index (χ0n) is 16.0. The van der Waals surface area contributed by atoms with Crippen LogP contribution in [-0.4, -0.2) is 63.1 Å². The number of fused-ring (bicyclic) bond motifs is 1. The van der Waals surface area contributed by atoms with Gasteiger partial charge in [-0.15, -0.1) is 0 Å². The van der Waals surface area contributed by atoms with Crippen molar-refractivity contribution in [1.29, 1.82) is 0 Å². The van der Waals surface area contributed by atoms with Crippen molar-refractivity contribution in [2.75, 3.05) is 19.6 Å². The number of amides is 2. The monoisotopic (exact) mass is 385 g/mol. The fourth-order valence-corrected chi connectivity index (χ4v) is 3.88. The van der Waals surface area contributed by atoms with E-state index in [1.165, 1.54) is 10.7 Å². The molecule has 2 fully saturated rings. The quantitative estimate of drug-likeness (QED) is 0.858. The Morgan fingerprint density at radius 2 is 2.04 bits per heavy atom. The highest BCUT2D eigenvalue weighted by molar-refractivity contribution is 5.97. The van der Waals surface area contributed by atoms with E-state index in [2.05, 4.69) is 15.3 Å². The molecule has 0 aliphatic carbocycles. The average molecular weight is 385 g/mol. The van der Waals surface area contributed by atoms with Crippen LogP contribution in [0.15, 0.2) is 36.7 Å². The SMILES string of the molecule is CC(C)[C@@H]1NC(=O)[C@H]2CN(Cc3cnn(-c4ccccc4F)c3)CCN2C1=O. The molecule has 0 unspecified atom stereocenters. The summed E-state index contributed by atoms with van der Waals surface area (Å²) in [5.41, 5.74) is 1.33. The first-order valence-corrected chi connectivity index (χ1v) is 9.55. The molecule has 3 heterocycles. The molecular weight excluding hydrogens is 361 g/mol. The summed E-state index contributed by atoms with van der Waals surface area (Å²) in [6, 6.07) is 5.59. The zero-order valence-corrected chi connectivity index (χ0v) is 16.0. The Hall–Kier alpha value is -2.74. The maximum Gasteiger partial charge on any atom is 0.246 e. The van der Waals surface area contributed by atoms with Crippen molar-refractivity contribution in [2.45, 2.75) is 32.5 Å². The van der Waals surface area contributed by atoms with Crippen LogP contribution in [0, 0.1) is 11.7 Å². The molecule has 2 aliphatic heterocycles. The number of carbonyl (C=O) groups excluding carboxylic acids is 2. The summed E-state index contributed by atoms with van der Waals surface area (Å²) in [6.45, 7) is 6.16. The molecule has 1 N–H and O–H groups in total. The largest absolute Gasteiger partial charge is 0.342 e. The van der Waals surface area contributed by atoms with E-state index in [4.69, 9.17) is 0 Å². The first-order valence-electron chi connectivity index (χ1n) is 9.55. The van der Waals surface area contributed by atoms with Crippen LogP contribution in [0.3, 0.4) is 0 Å². The molecule has 0 spiro atoms. The predicted molar refractivity (Wildman–Crippen MR) is 101 cm³/mol. The summed E-state index contributed by atoms with van der Waals surface area (Å²) in [6.07, 6.45) is 3.51. The Labute approximate surface area is 163 Å². The number of hydrogen-bond acceptors (Lipinski definition) is 4. The van der Waals surface area contributed by atoms with Crippen molar-refractivity contribution in [1.82, 2.24) is 24.9 Å². The third kappa shape index (κ3) is 3.40. The second kappa shape index (κ2) is 7.35. The van der Waals surface area contributed by atoms with Gasteiger partial charge in [-0.3, -0.25) is 14.5 Å². The van der Waals surface area contributed by atoms with E-state index in [1.54, 1.807) is 35.5 Å². The first-order chi connectivity index (χ1) is 13.4. The van der Waals surface area contributed by atoms with Crippen molar-refractivity contribution < 1.29 is 14.0 Å². The third-order valence-electron chi connectivity index (χ3n) is 5.42. The van der Waals surface area contributed by atoms with Crippen LogP contribution in [0.25, 0.3) is 5.69 Å². The molecule has 2 aromatic rings. The van der Waals surface area contributed by atoms with E-state index in [9.17, 15) is 14.0 Å². The number of carbonyl (C=O) groups is 2. The summed E-state index contributed by atoms with van der Waals surface area (Å²) in [7, 11) is 0. The van der Waals surface area contributed by atoms with Gasteiger partial charge in [0.1, 0.15) is 23.6 Å². The van der Waals surface area contributed by atoms with Gasteiger partial charge in [-0.2, -0.15) is 5.10 Å². The smallest absolute Gasteiger partial charge is 0.246 e. The van der Waals surface area contributed by atoms with Gasteiger partial charge in [-0.05, 0) is 18.1 Å². The van der Waals surface area contributed by atoms with Crippen LogP contribution in [0.1, 0.15) is 19.4 Å². The summed E-state index contributed by atoms with van der Waals surface area (Å²) >= 11 is 0. The van der Waals surface area contributed by atoms with Gasteiger partial charge in [-0.25, -0.2) is 9.07 Å². The molecule has 2 saturated heterocycles. The minimum atomic E-state index is -0.460. The van der Waals surface area contributed by atoms with Crippen LogP contribution in [0.4, 0.5) is 4.39 Å². The van der Waals surface area contributed by atoms with Crippen molar-refractivity contribution in [2.24, 2.45) is 5.92 Å². The normalized spacial score (nSPS) is 23.1. The van der Waals surface area contributed by atoms with Crippen molar-refractivity contribution in [3.05, 3.63) is 48.0 Å². The van der Waals surface area contributed by atoms with Gasteiger partial charge in [0.15, 0.2) is 0 Å². The minimum absolute atomic E-state index is 0.00613. The maximum absolute atomic E-state index is 13.9. The van der Waals surface area contributed by atoms with Gasteiger partial charge >= 0.3 is 0 Å². The lowest BCUT2D eigenvalue weighted by Gasteiger charge is -2.46. The standard InChI is InChI=1S/C20H24FN5O2/c1-13(2)18-20(28)25-8-7-24(12-17(25)19(27)23-18)10-14-9-22-26(11-14)16-6-4-3-5-15(16)21/h3-6,9,11,13,17-18H,7-8,10,12H2,1-2H3,(H,23,27)/t17-,18+/m1/s1. The highest BCUT2D eigenvalue weighted by Crippen LogP contribution is 2.21. The molecule has 1 aromatic carbocycles. The molecule has 1 aromatic heterocycles. The lowest BCUT2D eigenvalue weighted by atomic mass is 9.96. The molecule has 28 heavy (non-hydrogen) atoms. The Morgan fingerprint density at radius 1 is 1.25 bits per heavy atom. The minimum Gasteiger partial charge on any atom is -0.342 e. The van der Waals surface area contributed by atoms with Gasteiger partial charge < -0.3 is 10.2 Å². The van der Waals surface area contributed by atoms with E-state index >= 15 is 0 Å². The Kier molecular flexibility index (Phi) is 4.89. The lowest BCUT2D eigenvalue weighted by molar-refractivity contribution is -0.154. The number of benzene rings is 1. The molecule has 0 bridgehead atoms. The number of piperazine rings is 2. The zero-order chi connectivity index (χ0) is 19.8. The number of hydrogen-bond donors (Lipinski definition) is 1. The highest BCUT2D eigenvalue weighted by atomic mass is 19.1. The molecule has 4 rings (SSSR count). The molecule has 8 heteroatoms. The topological polar surface area (TPSA) is 70.5 Å². The van der Waals surface area contributed by atoms with E-state index in [0.717, 1.165) is 5.56 Å². The van der Waals surface area contributed by atoms with Crippen LogP contribution in [0.2, 0.25) is 0 Å². The van der Waals surface area contributed by atoms with Crippen molar-refractivity contribution >= 4 is 11.8 Å². The number of nitrogens with one attached hydrogen (secondary N) is 1. The predicted octanol–water partition coefficient (Wildman–Crippen LogP) is 1.18. The van der Waals surface area contributed by atoms with Gasteiger partial charge in [0, 0.05) is 37.9 Å². The van der Waals surface area contributed by atoms with Gasteiger partial charge in [0.25, 0.3) is 0 Å². The van der Waals surface area contributed by atoms with Crippen LogP contribution in [0.5, 0.6) is 0 Å². The molecule has 148 valence electrons. The van der Waals surface area contributed by atoms with Gasteiger partial charge in [0.05, 0.1) is 6.20 Å². The molecule has 0 radical (unpaired) electrons. The second-order valence-electron chi connectivity index (χ2n) is 7.76. The summed E-state index contributed by atoms with van der Waals surface area (Å²) in [5.74, 6) is -0.348. The highest BCUT2D eigenvalue weighted by Gasteiger charge is 2.44. The third-order valence-corrected chi connectivity index (χ3v) is 5.42. The van der Waals surface area contributed by atoms with E-state index in [-0.39, 0.29) is 23.5 Å². The second-order valence-corrected chi connectivity index (χ2v) is 7.76. The van der Waals surface area contributed by atoms with Gasteiger partial charge in [-0.1, -0.05) is 26.0 Å². The van der Waals surface area contributed by atoms with Crippen LogP contribution in [-0.2, 0) is 16.1 Å². The van der Waals surface area contributed by atoms with E-state index < -0.39 is 12.1 Å². The Morgan fingerprint density at radius 3 is 2.79 bits per heavy atom.